The van der Waals surface area contributed by atoms with Gasteiger partial charge in [-0.25, -0.2) is 9.97 Å². The first-order valence-corrected chi connectivity index (χ1v) is 21.3. The Morgan fingerprint density at radius 2 is 0.964 bits per heavy atom. The second kappa shape index (κ2) is 12.1. The maximum Gasteiger partial charge on any atom is 0.240 e. The van der Waals surface area contributed by atoms with Gasteiger partial charge in [0.25, 0.3) is 0 Å². The first-order valence-electron chi connectivity index (χ1n) is 21.3. The molecule has 4 heterocycles. The summed E-state index contributed by atoms with van der Waals surface area (Å²) >= 11 is 0. The summed E-state index contributed by atoms with van der Waals surface area (Å²) in [5, 5.41) is 0. The number of nitrogens with zero attached hydrogens (tertiary/aromatic N) is 4. The molecule has 12 rings (SSSR count). The lowest BCUT2D eigenvalue weighted by Gasteiger charge is -2.39. The van der Waals surface area contributed by atoms with Gasteiger partial charge in [-0.2, -0.15) is 0 Å². The number of nitrogens with two attached hydrogens (primary N) is 2. The average molecular weight is 737 g/mol. The molecular formula is C45H52N8O2. The number of benzene rings is 2. The molecule has 2 aliphatic heterocycles. The number of aromatic amines is 2. The largest absolute Gasteiger partial charge is 0.340 e. The van der Waals surface area contributed by atoms with Crippen LogP contribution in [0.3, 0.4) is 0 Å². The van der Waals surface area contributed by atoms with E-state index in [1.165, 1.54) is 19.3 Å². The molecule has 4 aromatic rings. The van der Waals surface area contributed by atoms with Crippen LogP contribution >= 0.6 is 0 Å². The average Bonchev–Trinajstić information content (AvgIpc) is 3.93. The molecule has 2 aromatic heterocycles. The SMILES string of the molecule is NC(C(=O)N1[C@@H]2CC[C@@H]2C[C@H]1c1ncc(-c2ccc(-c3ccc(-c4cnc([C@@H]5C[C@H]6C[C@H]6N5C(=O)C(N)C5C[C@@H]6C[C@@H]6C5)[nH]4)cc3)cc2)[nH]1)C1C[C@@H]2C[C@@H]2C1. The number of imidazole rings is 2. The fourth-order valence-electron chi connectivity index (χ4n) is 12.2. The highest BCUT2D eigenvalue weighted by Crippen LogP contribution is 2.58. The molecule has 8 fully saturated rings. The second-order valence-electron chi connectivity index (χ2n) is 19.0. The second-order valence-corrected chi connectivity index (χ2v) is 19.0. The molecule has 2 aromatic carbocycles. The molecule has 8 aliphatic rings. The molecular weight excluding hydrogens is 685 g/mol. The smallest absolute Gasteiger partial charge is 0.240 e. The summed E-state index contributed by atoms with van der Waals surface area (Å²) < 4.78 is 0. The molecule has 2 amide bonds. The summed E-state index contributed by atoms with van der Waals surface area (Å²) in [6, 6.07) is 17.0. The zero-order chi connectivity index (χ0) is 36.7. The van der Waals surface area contributed by atoms with Crippen molar-refractivity contribution in [2.45, 2.75) is 107 Å². The number of likely N-dealkylation sites (tertiary alicyclic amines) is 2. The quantitative estimate of drug-likeness (QED) is 0.152. The van der Waals surface area contributed by atoms with Crippen molar-refractivity contribution in [2.24, 2.45) is 58.8 Å². The van der Waals surface area contributed by atoms with Crippen molar-refractivity contribution in [1.29, 1.82) is 0 Å². The molecule has 2 saturated heterocycles. The monoisotopic (exact) mass is 736 g/mol. The van der Waals surface area contributed by atoms with E-state index in [0.717, 1.165) is 120 Å². The first-order chi connectivity index (χ1) is 26.8. The third-order valence-electron chi connectivity index (χ3n) is 15.9. The molecule has 6 saturated carbocycles. The topological polar surface area (TPSA) is 150 Å². The van der Waals surface area contributed by atoms with Crippen molar-refractivity contribution in [2.75, 3.05) is 0 Å². The van der Waals surface area contributed by atoms with E-state index in [0.29, 0.717) is 35.8 Å². The predicted octanol–water partition coefficient (Wildman–Crippen LogP) is 6.59. The molecule has 6 aliphatic carbocycles. The Morgan fingerprint density at radius 3 is 1.42 bits per heavy atom. The Labute approximate surface area is 322 Å². The predicted molar refractivity (Wildman–Crippen MR) is 208 cm³/mol. The minimum absolute atomic E-state index is 0.0179. The molecule has 0 bridgehead atoms. The van der Waals surface area contributed by atoms with Gasteiger partial charge in [0.1, 0.15) is 11.6 Å². The molecule has 55 heavy (non-hydrogen) atoms. The standard InChI is InChI=1S/C45H52N8O2/c46-40(32-13-27-11-28(27)14-32)44(54)52-36-10-9-26(36)17-38(52)42-48-20-34(50-42)24-5-1-22(2-6-24)23-3-7-25(8-4-23)35-21-49-43(51-35)39-19-31-18-37(31)53(39)45(55)41(47)33-15-29-12-30(29)16-33/h1-8,20-21,26-33,36-41H,9-19,46-47H2,(H,48,50)(H,49,51)/t26-,27-,28+,29-,30+,31-,32?,33?,36-,37-,38+,39+,40?,41?/m1/s1. The van der Waals surface area contributed by atoms with Crippen LogP contribution in [0.4, 0.5) is 0 Å². The number of hydrogen-bond donors (Lipinski definition) is 4. The molecule has 14 atom stereocenters. The number of H-pyrrole nitrogens is 2. The van der Waals surface area contributed by atoms with Gasteiger partial charge in [0.2, 0.25) is 11.8 Å². The fraction of sp³-hybridized carbons (Fsp3) is 0.556. The Hall–Kier alpha value is -4.28. The van der Waals surface area contributed by atoms with Gasteiger partial charge < -0.3 is 31.2 Å². The molecule has 10 heteroatoms. The first kappa shape index (κ1) is 32.9. The summed E-state index contributed by atoms with van der Waals surface area (Å²) in [5.41, 5.74) is 19.7. The van der Waals surface area contributed by atoms with E-state index in [-0.39, 0.29) is 36.0 Å². The number of hydrogen-bond acceptors (Lipinski definition) is 6. The Morgan fingerprint density at radius 1 is 0.527 bits per heavy atom. The van der Waals surface area contributed by atoms with E-state index < -0.39 is 0 Å². The van der Waals surface area contributed by atoms with Crippen molar-refractivity contribution in [1.82, 2.24) is 29.7 Å². The minimum Gasteiger partial charge on any atom is -0.340 e. The van der Waals surface area contributed by atoms with E-state index in [1.54, 1.807) is 0 Å². The van der Waals surface area contributed by atoms with E-state index >= 15 is 0 Å². The van der Waals surface area contributed by atoms with Crippen molar-refractivity contribution in [3.63, 3.8) is 0 Å². The fourth-order valence-corrected chi connectivity index (χ4v) is 12.2. The van der Waals surface area contributed by atoms with Crippen LogP contribution in [-0.4, -0.2) is 65.7 Å². The number of rotatable bonds is 9. The van der Waals surface area contributed by atoms with Crippen LogP contribution in [0.15, 0.2) is 60.9 Å². The number of amides is 2. The maximum atomic E-state index is 13.9. The van der Waals surface area contributed by atoms with Gasteiger partial charge in [0, 0.05) is 12.1 Å². The summed E-state index contributed by atoms with van der Waals surface area (Å²) in [6.45, 7) is 0. The highest BCUT2D eigenvalue weighted by atomic mass is 16.2. The van der Waals surface area contributed by atoms with Crippen molar-refractivity contribution < 1.29 is 9.59 Å². The molecule has 4 unspecified atom stereocenters. The van der Waals surface area contributed by atoms with Crippen LogP contribution in [0.2, 0.25) is 0 Å². The minimum atomic E-state index is -0.385. The Balaban J connectivity index is 0.715. The lowest BCUT2D eigenvalue weighted by Crippen LogP contribution is -2.52. The van der Waals surface area contributed by atoms with E-state index in [2.05, 4.69) is 68.3 Å². The highest BCUT2D eigenvalue weighted by Gasteiger charge is 2.58. The zero-order valence-electron chi connectivity index (χ0n) is 31.4. The van der Waals surface area contributed by atoms with Crippen molar-refractivity contribution >= 4 is 11.8 Å². The normalized spacial score (nSPS) is 37.1. The van der Waals surface area contributed by atoms with Gasteiger partial charge in [-0.3, -0.25) is 9.59 Å². The summed E-state index contributed by atoms with van der Waals surface area (Å²) in [5.74, 6) is 7.12. The van der Waals surface area contributed by atoms with Gasteiger partial charge in [0.15, 0.2) is 0 Å². The van der Waals surface area contributed by atoms with E-state index in [1.807, 2.05) is 12.4 Å². The number of carbonyl (C=O) groups excluding carboxylic acids is 2. The molecule has 10 nitrogen and oxygen atoms in total. The summed E-state index contributed by atoms with van der Waals surface area (Å²) in [6.07, 6.45) is 16.3. The number of carbonyl (C=O) groups is 2. The maximum absolute atomic E-state index is 13.9. The lowest BCUT2D eigenvalue weighted by atomic mass is 9.80. The molecule has 6 N–H and O–H groups in total. The Kier molecular flexibility index (Phi) is 7.25. The van der Waals surface area contributed by atoms with Crippen LogP contribution in [-0.2, 0) is 9.59 Å². The van der Waals surface area contributed by atoms with Crippen LogP contribution in [0.1, 0.15) is 94.4 Å². The van der Waals surface area contributed by atoms with Gasteiger partial charge in [-0.05, 0) is 140 Å². The molecule has 0 radical (unpaired) electrons. The summed E-state index contributed by atoms with van der Waals surface area (Å²) in [4.78, 5) is 48.7. The van der Waals surface area contributed by atoms with E-state index in [9.17, 15) is 9.59 Å². The van der Waals surface area contributed by atoms with Crippen LogP contribution in [0, 0.1) is 47.3 Å². The third-order valence-corrected chi connectivity index (χ3v) is 15.9. The van der Waals surface area contributed by atoms with Gasteiger partial charge in [-0.15, -0.1) is 0 Å². The third kappa shape index (κ3) is 5.41. The summed E-state index contributed by atoms with van der Waals surface area (Å²) in [7, 11) is 0. The number of nitrogens with one attached hydrogen (secondary N) is 2. The number of aromatic nitrogens is 4. The van der Waals surface area contributed by atoms with Crippen LogP contribution in [0.25, 0.3) is 33.6 Å². The van der Waals surface area contributed by atoms with Gasteiger partial charge in [-0.1, -0.05) is 48.5 Å². The van der Waals surface area contributed by atoms with Crippen LogP contribution in [0.5, 0.6) is 0 Å². The van der Waals surface area contributed by atoms with Crippen molar-refractivity contribution in [3.05, 3.63) is 72.6 Å². The van der Waals surface area contributed by atoms with Crippen molar-refractivity contribution in [3.8, 4) is 33.6 Å². The Bertz CT molecular complexity index is 2140. The van der Waals surface area contributed by atoms with Gasteiger partial charge in [0.05, 0.1) is 47.9 Å². The molecule has 0 spiro atoms. The van der Waals surface area contributed by atoms with Crippen LogP contribution < -0.4 is 11.5 Å². The lowest BCUT2D eigenvalue weighted by molar-refractivity contribution is -0.139. The van der Waals surface area contributed by atoms with Gasteiger partial charge >= 0.3 is 0 Å². The molecule has 284 valence electrons. The number of fused-ring (bicyclic) bond motifs is 4. The van der Waals surface area contributed by atoms with E-state index in [4.69, 9.17) is 21.4 Å². The zero-order valence-corrected chi connectivity index (χ0v) is 31.4. The highest BCUT2D eigenvalue weighted by molar-refractivity contribution is 5.84. The number of piperidine rings is 1.